The number of alkyl halides is 3. The van der Waals surface area contributed by atoms with Crippen molar-refractivity contribution in [3.05, 3.63) is 52.4 Å². The van der Waals surface area contributed by atoms with Crippen LogP contribution < -0.4 is 4.74 Å². The van der Waals surface area contributed by atoms with E-state index in [4.69, 9.17) is 9.15 Å². The topological polar surface area (TPSA) is 75.3 Å². The van der Waals surface area contributed by atoms with E-state index in [1.807, 2.05) is 0 Å². The second-order valence-corrected chi connectivity index (χ2v) is 6.27. The van der Waals surface area contributed by atoms with Crippen molar-refractivity contribution in [3.63, 3.8) is 0 Å². The highest BCUT2D eigenvalue weighted by atomic mass is 79.9. The van der Waals surface area contributed by atoms with Crippen LogP contribution in [0.1, 0.15) is 22.7 Å². The number of ether oxygens (including phenoxy) is 1. The number of hydrazone groups is 1. The normalized spacial score (nSPS) is 19.8. The summed E-state index contributed by atoms with van der Waals surface area (Å²) in [6.45, 7) is -0.0390. The highest BCUT2D eigenvalue weighted by Gasteiger charge is 2.61. The summed E-state index contributed by atoms with van der Waals surface area (Å²) in [5.74, 6) is -0.835. The molecule has 10 heteroatoms. The Balaban J connectivity index is 1.72. The largest absolute Gasteiger partial charge is 0.484 e. The number of rotatable bonds is 4. The molecule has 0 saturated heterocycles. The molecule has 1 atom stereocenters. The van der Waals surface area contributed by atoms with Gasteiger partial charge >= 0.3 is 12.1 Å². The molecule has 0 radical (unpaired) electrons. The smallest absolute Gasteiger partial charge is 0.438 e. The van der Waals surface area contributed by atoms with Crippen molar-refractivity contribution < 1.29 is 32.2 Å². The van der Waals surface area contributed by atoms with Crippen molar-refractivity contribution in [3.8, 4) is 5.75 Å². The summed E-state index contributed by atoms with van der Waals surface area (Å²) in [7, 11) is 0. The summed E-state index contributed by atoms with van der Waals surface area (Å²) in [5, 5.41) is 13.1. The number of carbonyl (C=O) groups is 1. The zero-order valence-corrected chi connectivity index (χ0v) is 14.6. The number of para-hydroxylation sites is 1. The fourth-order valence-electron chi connectivity index (χ4n) is 2.27. The summed E-state index contributed by atoms with van der Waals surface area (Å²) < 4.78 is 50.6. The Morgan fingerprint density at radius 1 is 1.35 bits per heavy atom. The van der Waals surface area contributed by atoms with Crippen LogP contribution in [0.4, 0.5) is 13.2 Å². The van der Waals surface area contributed by atoms with E-state index in [0.717, 1.165) is 6.21 Å². The number of benzene rings is 1. The summed E-state index contributed by atoms with van der Waals surface area (Å²) in [6.07, 6.45) is -5.08. The molecule has 0 bridgehead atoms. The van der Waals surface area contributed by atoms with Crippen LogP contribution in [0.15, 0.2) is 50.4 Å². The first-order chi connectivity index (χ1) is 12.2. The fourth-order valence-corrected chi connectivity index (χ4v) is 2.67. The Labute approximate surface area is 154 Å². The number of amides is 1. The lowest BCUT2D eigenvalue weighted by molar-refractivity contribution is -0.297. The molecule has 3 rings (SSSR count). The first-order valence-corrected chi connectivity index (χ1v) is 8.14. The van der Waals surface area contributed by atoms with Crippen LogP contribution in [0.3, 0.4) is 0 Å². The fraction of sp³-hybridized carbons (Fsp3) is 0.250. The van der Waals surface area contributed by atoms with Gasteiger partial charge in [-0.25, -0.2) is 0 Å². The molecule has 1 N–H and O–H groups in total. The summed E-state index contributed by atoms with van der Waals surface area (Å²) in [4.78, 5) is 12.3. The van der Waals surface area contributed by atoms with Gasteiger partial charge in [0.2, 0.25) is 0 Å². The molecule has 1 aromatic heterocycles. The van der Waals surface area contributed by atoms with Gasteiger partial charge in [0, 0.05) is 12.6 Å². The van der Waals surface area contributed by atoms with Gasteiger partial charge in [0.1, 0.15) is 18.1 Å². The highest BCUT2D eigenvalue weighted by molar-refractivity contribution is 9.10. The molecule has 1 amide bonds. The van der Waals surface area contributed by atoms with E-state index in [2.05, 4.69) is 21.0 Å². The minimum atomic E-state index is -5.06. The molecule has 1 aliphatic heterocycles. The molecular formula is C16H12BrF3N2O4. The van der Waals surface area contributed by atoms with Gasteiger partial charge in [0.25, 0.3) is 5.72 Å². The summed E-state index contributed by atoms with van der Waals surface area (Å²) >= 11 is 3.31. The molecule has 138 valence electrons. The molecule has 6 nitrogen and oxygen atoms in total. The number of aliphatic hydroxyl groups is 1. The van der Waals surface area contributed by atoms with Crippen LogP contribution in [0.2, 0.25) is 0 Å². The third-order valence-electron chi connectivity index (χ3n) is 3.65. The van der Waals surface area contributed by atoms with Crippen LogP contribution in [-0.4, -0.2) is 34.1 Å². The van der Waals surface area contributed by atoms with Crippen molar-refractivity contribution in [1.29, 1.82) is 0 Å². The Morgan fingerprint density at radius 3 is 2.77 bits per heavy atom. The van der Waals surface area contributed by atoms with Crippen molar-refractivity contribution in [2.45, 2.75) is 24.9 Å². The van der Waals surface area contributed by atoms with Gasteiger partial charge in [0.05, 0.1) is 4.47 Å². The molecule has 1 aliphatic rings. The van der Waals surface area contributed by atoms with Gasteiger partial charge in [-0.1, -0.05) is 12.1 Å². The van der Waals surface area contributed by atoms with Crippen molar-refractivity contribution in [2.24, 2.45) is 5.10 Å². The minimum Gasteiger partial charge on any atom is -0.484 e. The van der Waals surface area contributed by atoms with Crippen LogP contribution in [-0.2, 0) is 6.61 Å². The lowest BCUT2D eigenvalue weighted by atomic mass is 10.1. The Kier molecular flexibility index (Phi) is 4.80. The lowest BCUT2D eigenvalue weighted by Gasteiger charge is -2.31. The van der Waals surface area contributed by atoms with E-state index in [1.165, 1.54) is 12.1 Å². The second kappa shape index (κ2) is 6.76. The van der Waals surface area contributed by atoms with E-state index in [1.54, 1.807) is 24.3 Å². The summed E-state index contributed by atoms with van der Waals surface area (Å²) in [5.41, 5.74) is -3.39. The lowest BCUT2D eigenvalue weighted by Crippen LogP contribution is -2.56. The Bertz CT molecular complexity index is 852. The van der Waals surface area contributed by atoms with Crippen LogP contribution in [0.25, 0.3) is 0 Å². The second-order valence-electron chi connectivity index (χ2n) is 5.42. The molecule has 26 heavy (non-hydrogen) atoms. The van der Waals surface area contributed by atoms with E-state index in [-0.39, 0.29) is 17.4 Å². The van der Waals surface area contributed by atoms with Crippen molar-refractivity contribution >= 4 is 28.1 Å². The maximum absolute atomic E-state index is 13.0. The SMILES string of the molecule is O=C(c1ccc(COc2ccccc2Br)o1)N1N=CCC1(O)C(F)(F)F. The number of hydrogen-bond acceptors (Lipinski definition) is 5. The maximum Gasteiger partial charge on any atom is 0.438 e. The molecule has 0 saturated carbocycles. The predicted molar refractivity (Wildman–Crippen MR) is 87.5 cm³/mol. The third-order valence-corrected chi connectivity index (χ3v) is 4.30. The molecule has 0 spiro atoms. The maximum atomic E-state index is 13.0. The van der Waals surface area contributed by atoms with Crippen LogP contribution in [0.5, 0.6) is 5.75 Å². The van der Waals surface area contributed by atoms with E-state index in [9.17, 15) is 23.1 Å². The quantitative estimate of drug-likeness (QED) is 0.798. The van der Waals surface area contributed by atoms with E-state index >= 15 is 0 Å². The van der Waals surface area contributed by atoms with Crippen LogP contribution in [0, 0.1) is 0 Å². The standard InChI is InChI=1S/C16H12BrF3N2O4/c17-11-3-1-2-4-12(11)25-9-10-5-6-13(26-10)14(23)22-15(24,7-8-21-22)16(18,19)20/h1-6,8,24H,7,9H2. The van der Waals surface area contributed by atoms with Crippen LogP contribution >= 0.6 is 15.9 Å². The number of nitrogens with zero attached hydrogens (tertiary/aromatic N) is 2. The predicted octanol–water partition coefficient (Wildman–Crippen LogP) is 3.70. The Morgan fingerprint density at radius 2 is 2.08 bits per heavy atom. The third kappa shape index (κ3) is 3.34. The molecule has 2 aromatic rings. The van der Waals surface area contributed by atoms with Gasteiger partial charge in [-0.15, -0.1) is 0 Å². The highest BCUT2D eigenvalue weighted by Crippen LogP contribution is 2.39. The average Bonchev–Trinajstić information content (AvgIpc) is 3.20. The van der Waals surface area contributed by atoms with Gasteiger partial charge in [-0.05, 0) is 40.2 Å². The molecular weight excluding hydrogens is 421 g/mol. The molecule has 1 unspecified atom stereocenters. The number of halogens is 4. The molecule has 0 fully saturated rings. The Hall–Kier alpha value is -2.33. The number of carbonyl (C=O) groups excluding carboxylic acids is 1. The van der Waals surface area contributed by atoms with Crippen molar-refractivity contribution in [2.75, 3.05) is 0 Å². The summed E-state index contributed by atoms with van der Waals surface area (Å²) in [6, 6.07) is 9.65. The van der Waals surface area contributed by atoms with Gasteiger partial charge in [-0.2, -0.15) is 23.3 Å². The monoisotopic (exact) mass is 432 g/mol. The zero-order valence-electron chi connectivity index (χ0n) is 13.0. The molecule has 1 aromatic carbocycles. The first kappa shape index (κ1) is 18.5. The number of hydrogen-bond donors (Lipinski definition) is 1. The van der Waals surface area contributed by atoms with Gasteiger partial charge in [-0.3, -0.25) is 4.79 Å². The first-order valence-electron chi connectivity index (χ1n) is 7.34. The average molecular weight is 433 g/mol. The van der Waals surface area contributed by atoms with Gasteiger partial charge < -0.3 is 14.3 Å². The number of furan rings is 1. The van der Waals surface area contributed by atoms with Gasteiger partial charge in [0.15, 0.2) is 5.76 Å². The van der Waals surface area contributed by atoms with E-state index < -0.39 is 30.0 Å². The molecule has 0 aliphatic carbocycles. The van der Waals surface area contributed by atoms with Crippen molar-refractivity contribution in [1.82, 2.24) is 5.01 Å². The van der Waals surface area contributed by atoms with E-state index in [0.29, 0.717) is 10.2 Å². The molecule has 2 heterocycles. The zero-order chi connectivity index (χ0) is 18.9. The minimum absolute atomic E-state index is 0.0236.